The predicted molar refractivity (Wildman–Crippen MR) is 109 cm³/mol. The quantitative estimate of drug-likeness (QED) is 0.531. The fourth-order valence-corrected chi connectivity index (χ4v) is 3.72. The standard InChI is InChI=1S/C24H19NO4/c26-22-18-10-5-4-9-17(18)21-19(22)11-6-12-20(21)23(27)25-14-16(24(28)29)13-15-7-2-1-3-8-15/h1-12,16H,13-14H2,(H,25,27)(H,28,29). The molecule has 29 heavy (non-hydrogen) atoms. The molecule has 0 bridgehead atoms. The number of carboxylic acids is 1. The molecular weight excluding hydrogens is 366 g/mol. The zero-order valence-corrected chi connectivity index (χ0v) is 15.6. The normalized spacial score (nSPS) is 12.8. The summed E-state index contributed by atoms with van der Waals surface area (Å²) in [5, 5.41) is 12.3. The van der Waals surface area contributed by atoms with Crippen LogP contribution in [-0.2, 0) is 11.2 Å². The predicted octanol–water partition coefficient (Wildman–Crippen LogP) is 3.57. The van der Waals surface area contributed by atoms with E-state index in [2.05, 4.69) is 5.32 Å². The number of hydrogen-bond acceptors (Lipinski definition) is 3. The topological polar surface area (TPSA) is 83.5 Å². The number of rotatable bonds is 6. The minimum absolute atomic E-state index is 0.00230. The molecule has 1 amide bonds. The number of benzene rings is 3. The lowest BCUT2D eigenvalue weighted by atomic mass is 9.97. The third-order valence-corrected chi connectivity index (χ3v) is 5.18. The molecular formula is C24H19NO4. The van der Waals surface area contributed by atoms with Crippen molar-refractivity contribution in [2.75, 3.05) is 6.54 Å². The largest absolute Gasteiger partial charge is 0.481 e. The van der Waals surface area contributed by atoms with Crippen LogP contribution < -0.4 is 5.32 Å². The van der Waals surface area contributed by atoms with Crippen LogP contribution in [0.3, 0.4) is 0 Å². The molecule has 0 saturated heterocycles. The van der Waals surface area contributed by atoms with Crippen LogP contribution in [0.4, 0.5) is 0 Å². The minimum atomic E-state index is -0.965. The Hall–Kier alpha value is -3.73. The Labute approximate surface area is 168 Å². The zero-order chi connectivity index (χ0) is 20.4. The summed E-state index contributed by atoms with van der Waals surface area (Å²) in [7, 11) is 0. The molecule has 5 nitrogen and oxygen atoms in total. The molecule has 1 atom stereocenters. The molecule has 4 rings (SSSR count). The van der Waals surface area contributed by atoms with E-state index in [1.807, 2.05) is 42.5 Å². The molecule has 0 fully saturated rings. The average Bonchev–Trinajstić information content (AvgIpc) is 3.04. The highest BCUT2D eigenvalue weighted by Crippen LogP contribution is 2.38. The fraction of sp³-hybridized carbons (Fsp3) is 0.125. The number of hydrogen-bond donors (Lipinski definition) is 2. The Balaban J connectivity index is 1.56. The van der Waals surface area contributed by atoms with Gasteiger partial charge >= 0.3 is 5.97 Å². The van der Waals surface area contributed by atoms with E-state index in [9.17, 15) is 19.5 Å². The summed E-state index contributed by atoms with van der Waals surface area (Å²) in [6.07, 6.45) is 0.324. The summed E-state index contributed by atoms with van der Waals surface area (Å²) in [4.78, 5) is 37.1. The van der Waals surface area contributed by atoms with Gasteiger partial charge in [-0.2, -0.15) is 0 Å². The summed E-state index contributed by atoms with van der Waals surface area (Å²) < 4.78 is 0. The van der Waals surface area contributed by atoms with Gasteiger partial charge in [-0.15, -0.1) is 0 Å². The van der Waals surface area contributed by atoms with Crippen LogP contribution in [-0.4, -0.2) is 29.3 Å². The van der Waals surface area contributed by atoms with Crippen LogP contribution in [0.5, 0.6) is 0 Å². The van der Waals surface area contributed by atoms with E-state index in [4.69, 9.17) is 0 Å². The van der Waals surface area contributed by atoms with Crippen molar-refractivity contribution in [3.05, 3.63) is 95.1 Å². The van der Waals surface area contributed by atoms with Crippen molar-refractivity contribution in [1.82, 2.24) is 5.32 Å². The minimum Gasteiger partial charge on any atom is -0.481 e. The third-order valence-electron chi connectivity index (χ3n) is 5.18. The first kappa shape index (κ1) is 18.6. The Morgan fingerprint density at radius 3 is 2.21 bits per heavy atom. The molecule has 0 radical (unpaired) electrons. The smallest absolute Gasteiger partial charge is 0.308 e. The van der Waals surface area contributed by atoms with Gasteiger partial charge in [-0.05, 0) is 23.6 Å². The van der Waals surface area contributed by atoms with Crippen LogP contribution in [0.15, 0.2) is 72.8 Å². The van der Waals surface area contributed by atoms with Crippen molar-refractivity contribution in [1.29, 1.82) is 0 Å². The van der Waals surface area contributed by atoms with E-state index in [-0.39, 0.29) is 18.2 Å². The van der Waals surface area contributed by atoms with Crippen LogP contribution in [0, 0.1) is 5.92 Å². The first-order valence-electron chi connectivity index (χ1n) is 9.38. The van der Waals surface area contributed by atoms with E-state index in [1.165, 1.54) is 0 Å². The van der Waals surface area contributed by atoms with E-state index in [0.29, 0.717) is 28.7 Å². The third kappa shape index (κ3) is 3.55. The monoisotopic (exact) mass is 385 g/mol. The van der Waals surface area contributed by atoms with Gasteiger partial charge in [-0.25, -0.2) is 0 Å². The number of fused-ring (bicyclic) bond motifs is 3. The fourth-order valence-electron chi connectivity index (χ4n) is 3.72. The molecule has 0 spiro atoms. The molecule has 3 aromatic rings. The molecule has 5 heteroatoms. The molecule has 0 saturated carbocycles. The molecule has 3 aromatic carbocycles. The van der Waals surface area contributed by atoms with Crippen molar-refractivity contribution in [2.24, 2.45) is 5.92 Å². The lowest BCUT2D eigenvalue weighted by Gasteiger charge is -2.15. The maximum Gasteiger partial charge on any atom is 0.308 e. The van der Waals surface area contributed by atoms with E-state index < -0.39 is 11.9 Å². The summed E-state index contributed by atoms with van der Waals surface area (Å²) in [6.45, 7) is 0.00230. The summed E-state index contributed by atoms with van der Waals surface area (Å²) in [5.74, 6) is -2.19. The highest BCUT2D eigenvalue weighted by atomic mass is 16.4. The number of aliphatic carboxylic acids is 1. The molecule has 2 N–H and O–H groups in total. The van der Waals surface area contributed by atoms with Gasteiger partial charge in [0.1, 0.15) is 0 Å². The Morgan fingerprint density at radius 2 is 1.48 bits per heavy atom. The highest BCUT2D eigenvalue weighted by Gasteiger charge is 2.30. The van der Waals surface area contributed by atoms with Crippen LogP contribution in [0.1, 0.15) is 31.8 Å². The maximum absolute atomic E-state index is 12.9. The lowest BCUT2D eigenvalue weighted by Crippen LogP contribution is -2.34. The molecule has 0 aromatic heterocycles. The van der Waals surface area contributed by atoms with Gasteiger partial charge in [-0.1, -0.05) is 66.7 Å². The Morgan fingerprint density at radius 1 is 0.828 bits per heavy atom. The number of nitrogens with one attached hydrogen (secondary N) is 1. The highest BCUT2D eigenvalue weighted by molar-refractivity contribution is 6.24. The first-order chi connectivity index (χ1) is 14.1. The van der Waals surface area contributed by atoms with Gasteiger partial charge in [0.2, 0.25) is 0 Å². The number of carboxylic acid groups (broad SMARTS) is 1. The number of ketones is 1. The number of carbonyl (C=O) groups excluding carboxylic acids is 2. The van der Waals surface area contributed by atoms with Crippen molar-refractivity contribution in [3.63, 3.8) is 0 Å². The average molecular weight is 385 g/mol. The second-order valence-corrected chi connectivity index (χ2v) is 7.04. The summed E-state index contributed by atoms with van der Waals surface area (Å²) in [6, 6.07) is 21.6. The van der Waals surface area contributed by atoms with Gasteiger partial charge in [0.25, 0.3) is 5.91 Å². The van der Waals surface area contributed by atoms with Crippen molar-refractivity contribution in [2.45, 2.75) is 6.42 Å². The van der Waals surface area contributed by atoms with Gasteiger partial charge in [0.15, 0.2) is 5.78 Å². The first-order valence-corrected chi connectivity index (χ1v) is 9.38. The van der Waals surface area contributed by atoms with Crippen molar-refractivity contribution < 1.29 is 19.5 Å². The molecule has 1 aliphatic carbocycles. The lowest BCUT2D eigenvalue weighted by molar-refractivity contribution is -0.141. The van der Waals surface area contributed by atoms with E-state index >= 15 is 0 Å². The van der Waals surface area contributed by atoms with Gasteiger partial charge in [0.05, 0.1) is 5.92 Å². The zero-order valence-electron chi connectivity index (χ0n) is 15.6. The Bertz CT molecular complexity index is 1100. The molecule has 144 valence electrons. The van der Waals surface area contributed by atoms with Gasteiger partial charge in [-0.3, -0.25) is 14.4 Å². The molecule has 1 aliphatic rings. The second kappa shape index (κ2) is 7.72. The SMILES string of the molecule is O=C(NCC(Cc1ccccc1)C(=O)O)c1cccc2c1-c1ccccc1C2=O. The van der Waals surface area contributed by atoms with Gasteiger partial charge in [0, 0.05) is 28.8 Å². The summed E-state index contributed by atoms with van der Waals surface area (Å²) in [5.41, 5.74) is 3.70. The Kier molecular flexibility index (Phi) is 4.96. The second-order valence-electron chi connectivity index (χ2n) is 7.04. The van der Waals surface area contributed by atoms with Crippen LogP contribution in [0.2, 0.25) is 0 Å². The molecule has 0 heterocycles. The van der Waals surface area contributed by atoms with Gasteiger partial charge < -0.3 is 10.4 Å². The molecule has 1 unspecified atom stereocenters. The van der Waals surface area contributed by atoms with Crippen LogP contribution >= 0.6 is 0 Å². The van der Waals surface area contributed by atoms with Crippen LogP contribution in [0.25, 0.3) is 11.1 Å². The molecule has 0 aliphatic heterocycles. The van der Waals surface area contributed by atoms with Crippen molar-refractivity contribution >= 4 is 17.7 Å². The van der Waals surface area contributed by atoms with E-state index in [1.54, 1.807) is 30.3 Å². The maximum atomic E-state index is 12.9. The number of amides is 1. The number of carbonyl (C=O) groups is 3. The van der Waals surface area contributed by atoms with E-state index in [0.717, 1.165) is 11.1 Å². The van der Waals surface area contributed by atoms with Crippen molar-refractivity contribution in [3.8, 4) is 11.1 Å². The summed E-state index contributed by atoms with van der Waals surface area (Å²) >= 11 is 0.